The van der Waals surface area contributed by atoms with E-state index >= 15 is 0 Å². The van der Waals surface area contributed by atoms with Gasteiger partial charge in [0.25, 0.3) is 10.0 Å². The number of hydrogen-bond donors (Lipinski definition) is 1. The van der Waals surface area contributed by atoms with Crippen LogP contribution in [0.5, 0.6) is 5.75 Å². The number of rotatable bonds is 12. The number of ether oxygens (including phenoxy) is 1. The van der Waals surface area contributed by atoms with Crippen molar-refractivity contribution in [2.75, 3.05) is 24.5 Å². The second kappa shape index (κ2) is 13.1. The second-order valence-corrected chi connectivity index (χ2v) is 10.9. The van der Waals surface area contributed by atoms with Gasteiger partial charge in [0.1, 0.15) is 18.3 Å². The fourth-order valence-electron chi connectivity index (χ4n) is 3.98. The van der Waals surface area contributed by atoms with Crippen molar-refractivity contribution >= 4 is 27.5 Å². The Hall–Kier alpha value is -3.85. The van der Waals surface area contributed by atoms with E-state index in [0.29, 0.717) is 18.0 Å². The lowest BCUT2D eigenvalue weighted by atomic mass is 10.1. The SMILES string of the molecule is CCCNC(=O)[C@@H](C)N(Cc1cccc(OC)c1)C(=O)CN(c1cccc(C)c1)S(=O)(=O)c1ccccc1. The predicted molar refractivity (Wildman–Crippen MR) is 148 cm³/mol. The number of methoxy groups -OCH3 is 1. The first-order valence-electron chi connectivity index (χ1n) is 12.5. The number of anilines is 1. The molecule has 0 aliphatic heterocycles. The molecule has 9 heteroatoms. The Labute approximate surface area is 225 Å². The van der Waals surface area contributed by atoms with Crippen molar-refractivity contribution < 1.29 is 22.7 Å². The van der Waals surface area contributed by atoms with Crippen molar-refractivity contribution in [1.29, 1.82) is 0 Å². The van der Waals surface area contributed by atoms with Crippen molar-refractivity contribution in [2.24, 2.45) is 0 Å². The van der Waals surface area contributed by atoms with Crippen molar-refractivity contribution in [3.05, 3.63) is 90.0 Å². The molecule has 0 unspecified atom stereocenters. The Morgan fingerprint density at radius 3 is 2.34 bits per heavy atom. The number of nitrogens with one attached hydrogen (secondary N) is 1. The van der Waals surface area contributed by atoms with Crippen LogP contribution in [-0.2, 0) is 26.2 Å². The fourth-order valence-corrected chi connectivity index (χ4v) is 5.40. The number of nitrogens with zero attached hydrogens (tertiary/aromatic N) is 2. The van der Waals surface area contributed by atoms with E-state index in [0.717, 1.165) is 21.9 Å². The van der Waals surface area contributed by atoms with Gasteiger partial charge >= 0.3 is 0 Å². The highest BCUT2D eigenvalue weighted by Gasteiger charge is 2.32. The van der Waals surface area contributed by atoms with Crippen LogP contribution < -0.4 is 14.4 Å². The summed E-state index contributed by atoms with van der Waals surface area (Å²) in [5, 5.41) is 2.83. The zero-order chi connectivity index (χ0) is 27.7. The van der Waals surface area contributed by atoms with E-state index in [1.54, 1.807) is 68.6 Å². The molecule has 1 N–H and O–H groups in total. The predicted octanol–water partition coefficient (Wildman–Crippen LogP) is 4.14. The number of sulfonamides is 1. The molecule has 3 aromatic rings. The van der Waals surface area contributed by atoms with Crippen LogP contribution >= 0.6 is 0 Å². The van der Waals surface area contributed by atoms with Crippen LogP contribution in [0.2, 0.25) is 0 Å². The summed E-state index contributed by atoms with van der Waals surface area (Å²) in [7, 11) is -2.53. The van der Waals surface area contributed by atoms with Gasteiger partial charge in [-0.15, -0.1) is 0 Å². The first-order valence-corrected chi connectivity index (χ1v) is 14.0. The average molecular weight is 538 g/mol. The minimum Gasteiger partial charge on any atom is -0.497 e. The van der Waals surface area contributed by atoms with Crippen LogP contribution in [0.3, 0.4) is 0 Å². The van der Waals surface area contributed by atoms with E-state index in [4.69, 9.17) is 4.74 Å². The lowest BCUT2D eigenvalue weighted by Crippen LogP contribution is -2.51. The zero-order valence-corrected chi connectivity index (χ0v) is 23.1. The molecule has 3 rings (SSSR count). The Bertz CT molecular complexity index is 1350. The topological polar surface area (TPSA) is 96.0 Å². The molecule has 0 aliphatic rings. The molecule has 3 aromatic carbocycles. The standard InChI is InChI=1S/C29H35N3O5S/c1-5-17-30-29(34)23(3)31(20-24-12-10-14-26(19-24)37-4)28(33)21-32(25-13-9-11-22(2)18-25)38(35,36)27-15-7-6-8-16-27/h6-16,18-19,23H,5,17,20-21H2,1-4H3,(H,30,34)/t23-/m1/s1. The van der Waals surface area contributed by atoms with Gasteiger partial charge in [-0.3, -0.25) is 13.9 Å². The van der Waals surface area contributed by atoms with Gasteiger partial charge in [0.15, 0.2) is 0 Å². The molecule has 0 saturated carbocycles. The van der Waals surface area contributed by atoms with Crippen molar-refractivity contribution in [3.8, 4) is 5.75 Å². The lowest BCUT2D eigenvalue weighted by molar-refractivity contribution is -0.139. The molecule has 0 saturated heterocycles. The van der Waals surface area contributed by atoms with E-state index in [1.807, 2.05) is 26.0 Å². The highest BCUT2D eigenvalue weighted by Crippen LogP contribution is 2.25. The molecule has 8 nitrogen and oxygen atoms in total. The summed E-state index contributed by atoms with van der Waals surface area (Å²) in [6, 6.07) is 21.4. The molecule has 0 heterocycles. The number of carbonyl (C=O) groups excluding carboxylic acids is 2. The van der Waals surface area contributed by atoms with E-state index in [9.17, 15) is 18.0 Å². The molecule has 1 atom stereocenters. The van der Waals surface area contributed by atoms with Crippen LogP contribution in [0.4, 0.5) is 5.69 Å². The molecule has 0 bridgehead atoms. The maximum absolute atomic E-state index is 13.9. The van der Waals surface area contributed by atoms with E-state index in [1.165, 1.54) is 17.0 Å². The molecular formula is C29H35N3O5S. The van der Waals surface area contributed by atoms with Gasteiger partial charge in [-0.1, -0.05) is 49.4 Å². The van der Waals surface area contributed by atoms with E-state index in [-0.39, 0.29) is 17.3 Å². The maximum Gasteiger partial charge on any atom is 0.264 e. The van der Waals surface area contributed by atoms with Crippen LogP contribution in [0.15, 0.2) is 83.8 Å². The van der Waals surface area contributed by atoms with Crippen LogP contribution in [-0.4, -0.2) is 51.4 Å². The van der Waals surface area contributed by atoms with Gasteiger partial charge in [0.05, 0.1) is 17.7 Å². The first kappa shape index (κ1) is 28.7. The monoisotopic (exact) mass is 537 g/mol. The minimum absolute atomic E-state index is 0.0717. The van der Waals surface area contributed by atoms with Gasteiger partial charge in [-0.2, -0.15) is 0 Å². The van der Waals surface area contributed by atoms with Gasteiger partial charge in [-0.05, 0) is 67.8 Å². The summed E-state index contributed by atoms with van der Waals surface area (Å²) in [6.07, 6.45) is 0.749. The smallest absolute Gasteiger partial charge is 0.264 e. The highest BCUT2D eigenvalue weighted by atomic mass is 32.2. The van der Waals surface area contributed by atoms with E-state index in [2.05, 4.69) is 5.32 Å². The van der Waals surface area contributed by atoms with Crippen LogP contribution in [0.25, 0.3) is 0 Å². The molecule has 0 fully saturated rings. The third kappa shape index (κ3) is 7.13. The number of carbonyl (C=O) groups is 2. The lowest BCUT2D eigenvalue weighted by Gasteiger charge is -2.32. The molecule has 2 amide bonds. The molecule has 0 spiro atoms. The Morgan fingerprint density at radius 2 is 1.68 bits per heavy atom. The van der Waals surface area contributed by atoms with Gasteiger partial charge in [0.2, 0.25) is 11.8 Å². The maximum atomic E-state index is 13.9. The average Bonchev–Trinajstić information content (AvgIpc) is 2.93. The van der Waals surface area contributed by atoms with Crippen LogP contribution in [0.1, 0.15) is 31.4 Å². The summed E-state index contributed by atoms with van der Waals surface area (Å²) in [5.74, 6) is -0.199. The fraction of sp³-hybridized carbons (Fsp3) is 0.310. The molecule has 0 aliphatic carbocycles. The van der Waals surface area contributed by atoms with Gasteiger partial charge in [0, 0.05) is 13.1 Å². The highest BCUT2D eigenvalue weighted by molar-refractivity contribution is 7.92. The zero-order valence-electron chi connectivity index (χ0n) is 22.3. The quantitative estimate of drug-likeness (QED) is 0.375. The van der Waals surface area contributed by atoms with E-state index < -0.39 is 28.5 Å². The molecular weight excluding hydrogens is 502 g/mol. The molecule has 38 heavy (non-hydrogen) atoms. The summed E-state index contributed by atoms with van der Waals surface area (Å²) in [5.41, 5.74) is 1.97. The molecule has 202 valence electrons. The Balaban J connectivity index is 2.01. The Kier molecular flexibility index (Phi) is 9.90. The normalized spacial score (nSPS) is 11.9. The van der Waals surface area contributed by atoms with Crippen molar-refractivity contribution in [1.82, 2.24) is 10.2 Å². The second-order valence-electron chi connectivity index (χ2n) is 9.00. The number of hydrogen-bond acceptors (Lipinski definition) is 5. The van der Waals surface area contributed by atoms with Crippen molar-refractivity contribution in [3.63, 3.8) is 0 Å². The summed E-state index contributed by atoms with van der Waals surface area (Å²) >= 11 is 0. The number of aryl methyl sites for hydroxylation is 1. The van der Waals surface area contributed by atoms with Crippen molar-refractivity contribution in [2.45, 2.75) is 44.7 Å². The third-order valence-electron chi connectivity index (χ3n) is 6.10. The van der Waals surface area contributed by atoms with Gasteiger partial charge in [-0.25, -0.2) is 8.42 Å². The third-order valence-corrected chi connectivity index (χ3v) is 7.89. The molecule has 0 aromatic heterocycles. The first-order chi connectivity index (χ1) is 18.2. The van der Waals surface area contributed by atoms with Gasteiger partial charge < -0.3 is 15.0 Å². The summed E-state index contributed by atoms with van der Waals surface area (Å²) in [4.78, 5) is 28.3. The number of amides is 2. The molecule has 0 radical (unpaired) electrons. The largest absolute Gasteiger partial charge is 0.497 e. The summed E-state index contributed by atoms with van der Waals surface area (Å²) in [6.45, 7) is 5.54. The minimum atomic E-state index is -4.08. The number of benzene rings is 3. The summed E-state index contributed by atoms with van der Waals surface area (Å²) < 4.78 is 33.9. The van der Waals surface area contributed by atoms with Crippen LogP contribution in [0, 0.1) is 6.92 Å². The Morgan fingerprint density at radius 1 is 0.974 bits per heavy atom.